The van der Waals surface area contributed by atoms with Crippen molar-refractivity contribution >= 4 is 0 Å². The molecule has 2 N–H and O–H groups in total. The third-order valence-electron chi connectivity index (χ3n) is 2.33. The lowest BCUT2D eigenvalue weighted by Crippen LogP contribution is -2.29. The van der Waals surface area contributed by atoms with Gasteiger partial charge in [0.05, 0.1) is 11.8 Å². The second-order valence-corrected chi connectivity index (χ2v) is 3.56. The molecule has 0 radical (unpaired) electrons. The van der Waals surface area contributed by atoms with Crippen LogP contribution in [0, 0.1) is 5.82 Å². The molecule has 3 nitrogen and oxygen atoms in total. The van der Waals surface area contributed by atoms with Crippen molar-refractivity contribution in [3.8, 4) is 0 Å². The summed E-state index contributed by atoms with van der Waals surface area (Å²) < 4.78 is 13.3. The number of rotatable bonds is 5. The molecule has 0 aliphatic heterocycles. The molecular weight excluding hydrogens is 195 g/mol. The van der Waals surface area contributed by atoms with Gasteiger partial charge in [0.1, 0.15) is 5.82 Å². The first kappa shape index (κ1) is 12.1. The zero-order valence-electron chi connectivity index (χ0n) is 9.07. The summed E-state index contributed by atoms with van der Waals surface area (Å²) in [7, 11) is 0. The Morgan fingerprint density at radius 2 is 2.33 bits per heavy atom. The van der Waals surface area contributed by atoms with Crippen LogP contribution in [0.1, 0.15) is 32.0 Å². The van der Waals surface area contributed by atoms with E-state index >= 15 is 0 Å². The smallest absolute Gasteiger partial charge is 0.146 e. The first-order chi connectivity index (χ1) is 7.15. The number of aromatic nitrogens is 1. The van der Waals surface area contributed by atoms with Crippen LogP contribution in [0.25, 0.3) is 0 Å². The molecule has 1 rings (SSSR count). The number of aliphatic hydroxyl groups is 1. The van der Waals surface area contributed by atoms with Crippen molar-refractivity contribution in [1.29, 1.82) is 0 Å². The van der Waals surface area contributed by atoms with E-state index in [-0.39, 0.29) is 18.0 Å². The summed E-state index contributed by atoms with van der Waals surface area (Å²) in [4.78, 5) is 3.96. The van der Waals surface area contributed by atoms with E-state index in [2.05, 4.69) is 10.3 Å². The van der Waals surface area contributed by atoms with Crippen LogP contribution in [0.2, 0.25) is 0 Å². The van der Waals surface area contributed by atoms with Crippen molar-refractivity contribution in [2.45, 2.75) is 32.4 Å². The highest BCUT2D eigenvalue weighted by atomic mass is 19.1. The molecule has 2 unspecified atom stereocenters. The van der Waals surface area contributed by atoms with Crippen LogP contribution in [-0.2, 0) is 0 Å². The molecule has 0 bridgehead atoms. The van der Waals surface area contributed by atoms with Gasteiger partial charge in [0.15, 0.2) is 0 Å². The standard InChI is InChI=1S/C11H17FN2O/c1-3-9(15)7-14-8(2)11-10(12)5-4-6-13-11/h4-6,8-9,14-15H,3,7H2,1-2H3. The molecular formula is C11H17FN2O. The predicted octanol–water partition coefficient (Wildman–Crippen LogP) is 1.64. The predicted molar refractivity (Wildman–Crippen MR) is 56.9 cm³/mol. The number of nitrogens with one attached hydrogen (secondary N) is 1. The van der Waals surface area contributed by atoms with Crippen LogP contribution in [0.5, 0.6) is 0 Å². The molecule has 0 saturated heterocycles. The monoisotopic (exact) mass is 212 g/mol. The Balaban J connectivity index is 2.54. The first-order valence-corrected chi connectivity index (χ1v) is 5.17. The maximum absolute atomic E-state index is 13.3. The van der Waals surface area contributed by atoms with Crippen molar-refractivity contribution in [2.75, 3.05) is 6.54 Å². The molecule has 0 aliphatic carbocycles. The minimum atomic E-state index is -0.390. The molecule has 84 valence electrons. The molecule has 1 heterocycles. The van der Waals surface area contributed by atoms with E-state index in [9.17, 15) is 9.50 Å². The number of hydrogen-bond acceptors (Lipinski definition) is 3. The van der Waals surface area contributed by atoms with E-state index < -0.39 is 0 Å². The Labute approximate surface area is 89.4 Å². The average Bonchev–Trinajstić information content (AvgIpc) is 2.26. The Morgan fingerprint density at radius 1 is 1.60 bits per heavy atom. The van der Waals surface area contributed by atoms with Gasteiger partial charge in [0.2, 0.25) is 0 Å². The molecule has 0 fully saturated rings. The van der Waals surface area contributed by atoms with Crippen LogP contribution in [-0.4, -0.2) is 22.7 Å². The molecule has 1 aromatic rings. The number of aliphatic hydroxyl groups excluding tert-OH is 1. The average molecular weight is 212 g/mol. The number of hydrogen-bond donors (Lipinski definition) is 2. The van der Waals surface area contributed by atoms with Gasteiger partial charge in [-0.3, -0.25) is 4.98 Å². The molecule has 15 heavy (non-hydrogen) atoms. The summed E-state index contributed by atoms with van der Waals surface area (Å²) >= 11 is 0. The Morgan fingerprint density at radius 3 is 2.93 bits per heavy atom. The van der Waals surface area contributed by atoms with Gasteiger partial charge in [-0.15, -0.1) is 0 Å². The molecule has 2 atom stereocenters. The molecule has 1 aromatic heterocycles. The summed E-state index contributed by atoms with van der Waals surface area (Å²) in [6, 6.07) is 2.76. The quantitative estimate of drug-likeness (QED) is 0.780. The highest BCUT2D eigenvalue weighted by Gasteiger charge is 2.12. The highest BCUT2D eigenvalue weighted by Crippen LogP contribution is 2.12. The zero-order valence-corrected chi connectivity index (χ0v) is 9.07. The summed E-state index contributed by atoms with van der Waals surface area (Å²) in [5.41, 5.74) is 0.390. The molecule has 0 aliphatic rings. The van der Waals surface area contributed by atoms with Crippen LogP contribution < -0.4 is 5.32 Å². The third kappa shape index (κ3) is 3.57. The fourth-order valence-corrected chi connectivity index (χ4v) is 1.27. The maximum atomic E-state index is 13.3. The third-order valence-corrected chi connectivity index (χ3v) is 2.33. The topological polar surface area (TPSA) is 45.1 Å². The van der Waals surface area contributed by atoms with Crippen LogP contribution in [0.3, 0.4) is 0 Å². The lowest BCUT2D eigenvalue weighted by atomic mass is 10.2. The normalized spacial score (nSPS) is 14.9. The zero-order chi connectivity index (χ0) is 11.3. The van der Waals surface area contributed by atoms with E-state index in [1.165, 1.54) is 6.07 Å². The van der Waals surface area contributed by atoms with E-state index in [0.29, 0.717) is 18.7 Å². The molecule has 4 heteroatoms. The summed E-state index contributed by atoms with van der Waals surface area (Å²) in [6.45, 7) is 4.18. The lowest BCUT2D eigenvalue weighted by Gasteiger charge is -2.16. The minimum absolute atomic E-state index is 0.188. The second-order valence-electron chi connectivity index (χ2n) is 3.56. The Hall–Kier alpha value is -1.00. The van der Waals surface area contributed by atoms with Crippen molar-refractivity contribution in [1.82, 2.24) is 10.3 Å². The van der Waals surface area contributed by atoms with Gasteiger partial charge in [-0.25, -0.2) is 4.39 Å². The number of nitrogens with zero attached hydrogens (tertiary/aromatic N) is 1. The van der Waals surface area contributed by atoms with Gasteiger partial charge in [0, 0.05) is 18.8 Å². The van der Waals surface area contributed by atoms with Crippen LogP contribution in [0.4, 0.5) is 4.39 Å². The van der Waals surface area contributed by atoms with Crippen molar-refractivity contribution in [2.24, 2.45) is 0 Å². The van der Waals surface area contributed by atoms with Crippen LogP contribution in [0.15, 0.2) is 18.3 Å². The van der Waals surface area contributed by atoms with E-state index in [0.717, 1.165) is 0 Å². The van der Waals surface area contributed by atoms with Gasteiger partial charge in [-0.1, -0.05) is 6.92 Å². The van der Waals surface area contributed by atoms with Crippen LogP contribution >= 0.6 is 0 Å². The lowest BCUT2D eigenvalue weighted by molar-refractivity contribution is 0.163. The van der Waals surface area contributed by atoms with Crippen molar-refractivity contribution in [3.05, 3.63) is 29.8 Å². The Kier molecular flexibility index (Phi) is 4.65. The fourth-order valence-electron chi connectivity index (χ4n) is 1.27. The number of halogens is 1. The van der Waals surface area contributed by atoms with Crippen molar-refractivity contribution in [3.63, 3.8) is 0 Å². The van der Waals surface area contributed by atoms with Gasteiger partial charge >= 0.3 is 0 Å². The SMILES string of the molecule is CCC(O)CNC(C)c1ncccc1F. The summed E-state index contributed by atoms with van der Waals surface area (Å²) in [5, 5.41) is 12.4. The molecule has 0 spiro atoms. The van der Waals surface area contributed by atoms with E-state index in [1.54, 1.807) is 12.3 Å². The first-order valence-electron chi connectivity index (χ1n) is 5.17. The van der Waals surface area contributed by atoms with Crippen molar-refractivity contribution < 1.29 is 9.50 Å². The summed E-state index contributed by atoms with van der Waals surface area (Å²) in [5.74, 6) is -0.316. The molecule has 0 saturated carbocycles. The van der Waals surface area contributed by atoms with E-state index in [4.69, 9.17) is 0 Å². The molecule has 0 aromatic carbocycles. The fraction of sp³-hybridized carbons (Fsp3) is 0.545. The van der Waals surface area contributed by atoms with Gasteiger partial charge in [-0.05, 0) is 25.5 Å². The highest BCUT2D eigenvalue weighted by molar-refractivity contribution is 5.10. The van der Waals surface area contributed by atoms with E-state index in [1.807, 2.05) is 13.8 Å². The minimum Gasteiger partial charge on any atom is -0.392 e. The largest absolute Gasteiger partial charge is 0.392 e. The van der Waals surface area contributed by atoms with Gasteiger partial charge in [0.25, 0.3) is 0 Å². The number of pyridine rings is 1. The van der Waals surface area contributed by atoms with Gasteiger partial charge in [-0.2, -0.15) is 0 Å². The summed E-state index contributed by atoms with van der Waals surface area (Å²) in [6.07, 6.45) is 1.86. The van der Waals surface area contributed by atoms with Gasteiger partial charge < -0.3 is 10.4 Å². The maximum Gasteiger partial charge on any atom is 0.146 e. The Bertz CT molecular complexity index is 306. The molecule has 0 amide bonds. The second kappa shape index (κ2) is 5.78.